The molecular formula is C23H26N4O2. The molecule has 29 heavy (non-hydrogen) atoms. The Labute approximate surface area is 171 Å². The second-order valence-corrected chi connectivity index (χ2v) is 7.40. The fourth-order valence-electron chi connectivity index (χ4n) is 4.05. The predicted molar refractivity (Wildman–Crippen MR) is 111 cm³/mol. The van der Waals surface area contributed by atoms with Crippen molar-refractivity contribution in [3.8, 4) is 11.4 Å². The second-order valence-electron chi connectivity index (χ2n) is 7.40. The number of methoxy groups -OCH3 is 1. The van der Waals surface area contributed by atoms with Crippen molar-refractivity contribution in [1.29, 1.82) is 0 Å². The largest absolute Gasteiger partial charge is 0.497 e. The number of rotatable bonds is 7. The van der Waals surface area contributed by atoms with Crippen LogP contribution in [0.2, 0.25) is 0 Å². The van der Waals surface area contributed by atoms with Gasteiger partial charge in [0.1, 0.15) is 17.9 Å². The summed E-state index contributed by atoms with van der Waals surface area (Å²) in [4.78, 5) is 15.0. The van der Waals surface area contributed by atoms with E-state index in [9.17, 15) is 4.79 Å². The number of likely N-dealkylation sites (tertiary alicyclic amines) is 1. The summed E-state index contributed by atoms with van der Waals surface area (Å²) in [6.07, 6.45) is 5.96. The number of hydrogen-bond donors (Lipinski definition) is 0. The summed E-state index contributed by atoms with van der Waals surface area (Å²) in [6.45, 7) is 0.832. The molecule has 0 radical (unpaired) electrons. The predicted octanol–water partition coefficient (Wildman–Crippen LogP) is 3.44. The van der Waals surface area contributed by atoms with Crippen molar-refractivity contribution < 1.29 is 9.53 Å². The first-order valence-corrected chi connectivity index (χ1v) is 10.1. The normalized spacial score (nSPS) is 16.2. The van der Waals surface area contributed by atoms with Gasteiger partial charge in [0.25, 0.3) is 0 Å². The Hall–Kier alpha value is -3.15. The first kappa shape index (κ1) is 19.2. The summed E-state index contributed by atoms with van der Waals surface area (Å²) in [5, 5.41) is 8.40. The maximum Gasteiger partial charge on any atom is 0.227 e. The van der Waals surface area contributed by atoms with Gasteiger partial charge in [-0.2, -0.15) is 0 Å². The number of carbonyl (C=O) groups excluding carboxylic acids is 1. The van der Waals surface area contributed by atoms with E-state index in [4.69, 9.17) is 4.74 Å². The first-order chi connectivity index (χ1) is 14.2. The van der Waals surface area contributed by atoms with Crippen LogP contribution < -0.4 is 4.74 Å². The molecule has 2 heterocycles. The lowest BCUT2D eigenvalue weighted by atomic mass is 10.1. The molecule has 4 rings (SSSR count). The Kier molecular flexibility index (Phi) is 5.89. The van der Waals surface area contributed by atoms with Gasteiger partial charge in [0.05, 0.1) is 13.5 Å². The Morgan fingerprint density at radius 2 is 2.03 bits per heavy atom. The van der Waals surface area contributed by atoms with Crippen LogP contribution in [0.25, 0.3) is 5.69 Å². The number of carbonyl (C=O) groups is 1. The number of para-hydroxylation sites is 1. The lowest BCUT2D eigenvalue weighted by Gasteiger charge is -2.25. The zero-order valence-corrected chi connectivity index (χ0v) is 16.7. The highest BCUT2D eigenvalue weighted by Gasteiger charge is 2.28. The first-order valence-electron chi connectivity index (χ1n) is 10.1. The third kappa shape index (κ3) is 4.47. The standard InChI is InChI=1S/C23H26N4O2/c1-29-21-11-5-7-18(15-21)16-23(28)26-14-6-10-20(26)12-13-22-25-24-17-27(22)19-8-3-2-4-9-19/h2-5,7-9,11,15,17,20H,6,10,12-14,16H2,1H3. The number of amides is 1. The molecule has 0 spiro atoms. The maximum absolute atomic E-state index is 12.9. The monoisotopic (exact) mass is 390 g/mol. The molecule has 0 bridgehead atoms. The minimum absolute atomic E-state index is 0.185. The number of nitrogens with zero attached hydrogens (tertiary/aromatic N) is 4. The maximum atomic E-state index is 12.9. The molecule has 1 unspecified atom stereocenters. The lowest BCUT2D eigenvalue weighted by molar-refractivity contribution is -0.131. The second kappa shape index (κ2) is 8.90. The van der Waals surface area contributed by atoms with E-state index >= 15 is 0 Å². The number of aromatic nitrogens is 3. The van der Waals surface area contributed by atoms with E-state index in [0.29, 0.717) is 6.42 Å². The molecule has 6 nitrogen and oxygen atoms in total. The van der Waals surface area contributed by atoms with Gasteiger partial charge in [-0.05, 0) is 49.1 Å². The number of aryl methyl sites for hydroxylation is 1. The summed E-state index contributed by atoms with van der Waals surface area (Å²) in [6, 6.07) is 18.1. The van der Waals surface area contributed by atoms with Crippen LogP contribution in [-0.4, -0.2) is 45.3 Å². The van der Waals surface area contributed by atoms with Crippen molar-refractivity contribution in [3.63, 3.8) is 0 Å². The highest BCUT2D eigenvalue weighted by Crippen LogP contribution is 2.24. The highest BCUT2D eigenvalue weighted by atomic mass is 16.5. The van der Waals surface area contributed by atoms with Crippen LogP contribution in [0.5, 0.6) is 5.75 Å². The third-order valence-corrected chi connectivity index (χ3v) is 5.54. The van der Waals surface area contributed by atoms with Crippen molar-refractivity contribution in [2.75, 3.05) is 13.7 Å². The van der Waals surface area contributed by atoms with E-state index in [-0.39, 0.29) is 11.9 Å². The molecule has 150 valence electrons. The Morgan fingerprint density at radius 3 is 2.86 bits per heavy atom. The van der Waals surface area contributed by atoms with Crippen LogP contribution in [0.4, 0.5) is 0 Å². The summed E-state index contributed by atoms with van der Waals surface area (Å²) < 4.78 is 7.30. The van der Waals surface area contributed by atoms with Gasteiger partial charge in [0.15, 0.2) is 0 Å². The molecule has 1 amide bonds. The molecule has 1 atom stereocenters. The average Bonchev–Trinajstić information content (AvgIpc) is 3.42. The highest BCUT2D eigenvalue weighted by molar-refractivity contribution is 5.79. The third-order valence-electron chi connectivity index (χ3n) is 5.54. The zero-order valence-electron chi connectivity index (χ0n) is 16.7. The van der Waals surface area contributed by atoms with E-state index in [1.54, 1.807) is 13.4 Å². The van der Waals surface area contributed by atoms with Crippen LogP contribution in [0.1, 0.15) is 30.7 Å². The van der Waals surface area contributed by atoms with Crippen molar-refractivity contribution in [3.05, 3.63) is 72.3 Å². The zero-order chi connectivity index (χ0) is 20.1. The topological polar surface area (TPSA) is 60.2 Å². The molecule has 0 aliphatic carbocycles. The average molecular weight is 390 g/mol. The van der Waals surface area contributed by atoms with Gasteiger partial charge in [-0.15, -0.1) is 10.2 Å². The summed E-state index contributed by atoms with van der Waals surface area (Å²) >= 11 is 0. The van der Waals surface area contributed by atoms with Crippen LogP contribution >= 0.6 is 0 Å². The lowest BCUT2D eigenvalue weighted by Crippen LogP contribution is -2.37. The van der Waals surface area contributed by atoms with Gasteiger partial charge < -0.3 is 9.64 Å². The van der Waals surface area contributed by atoms with Crippen LogP contribution in [0, 0.1) is 0 Å². The van der Waals surface area contributed by atoms with Crippen molar-refractivity contribution >= 4 is 5.91 Å². The number of hydrogen-bond acceptors (Lipinski definition) is 4. The SMILES string of the molecule is COc1cccc(CC(=O)N2CCCC2CCc2nncn2-c2ccccc2)c1. The van der Waals surface area contributed by atoms with Crippen molar-refractivity contribution in [1.82, 2.24) is 19.7 Å². The smallest absolute Gasteiger partial charge is 0.227 e. The van der Waals surface area contributed by atoms with Crippen molar-refractivity contribution in [2.24, 2.45) is 0 Å². The van der Waals surface area contributed by atoms with E-state index in [2.05, 4.69) is 10.2 Å². The minimum atomic E-state index is 0.185. The molecule has 2 aromatic carbocycles. The van der Waals surface area contributed by atoms with Gasteiger partial charge in [0.2, 0.25) is 5.91 Å². The quantitative estimate of drug-likeness (QED) is 0.620. The molecule has 1 aliphatic rings. The summed E-state index contributed by atoms with van der Waals surface area (Å²) in [7, 11) is 1.64. The molecule has 0 N–H and O–H groups in total. The van der Waals surface area contributed by atoms with E-state index in [1.165, 1.54) is 0 Å². The Bertz CT molecular complexity index is 954. The van der Waals surface area contributed by atoms with E-state index < -0.39 is 0 Å². The van der Waals surface area contributed by atoms with Crippen molar-refractivity contribution in [2.45, 2.75) is 38.1 Å². The van der Waals surface area contributed by atoms with Gasteiger partial charge in [-0.3, -0.25) is 9.36 Å². The molecule has 1 saturated heterocycles. The molecule has 1 fully saturated rings. The molecule has 3 aromatic rings. The summed E-state index contributed by atoms with van der Waals surface area (Å²) in [5.74, 6) is 1.90. The fraction of sp³-hybridized carbons (Fsp3) is 0.348. The van der Waals surface area contributed by atoms with E-state index in [0.717, 1.165) is 55.1 Å². The molecule has 0 saturated carbocycles. The van der Waals surface area contributed by atoms with Gasteiger partial charge in [-0.25, -0.2) is 0 Å². The fourth-order valence-corrected chi connectivity index (χ4v) is 4.05. The molecule has 6 heteroatoms. The Morgan fingerprint density at radius 1 is 1.17 bits per heavy atom. The van der Waals surface area contributed by atoms with E-state index in [1.807, 2.05) is 64.1 Å². The molecule has 1 aliphatic heterocycles. The molecule has 1 aromatic heterocycles. The molecular weight excluding hydrogens is 364 g/mol. The van der Waals surface area contributed by atoms with Gasteiger partial charge in [-0.1, -0.05) is 30.3 Å². The number of ether oxygens (including phenoxy) is 1. The minimum Gasteiger partial charge on any atom is -0.497 e. The van der Waals surface area contributed by atoms with Gasteiger partial charge >= 0.3 is 0 Å². The van der Waals surface area contributed by atoms with Crippen LogP contribution in [0.3, 0.4) is 0 Å². The summed E-state index contributed by atoms with van der Waals surface area (Å²) in [5.41, 5.74) is 2.05. The van der Waals surface area contributed by atoms with Crippen LogP contribution in [0.15, 0.2) is 60.9 Å². The van der Waals surface area contributed by atoms with Gasteiger partial charge in [0, 0.05) is 24.7 Å². The van der Waals surface area contributed by atoms with Crippen LogP contribution in [-0.2, 0) is 17.6 Å². The Balaban J connectivity index is 1.39. The number of benzene rings is 2.